The average Bonchev–Trinajstić information content (AvgIpc) is 2.31. The monoisotopic (exact) mass is 318 g/mol. The van der Waals surface area contributed by atoms with Gasteiger partial charge in [-0.05, 0) is 20.3 Å². The quantitative estimate of drug-likeness (QED) is 0.385. The summed E-state index contributed by atoms with van der Waals surface area (Å²) in [6.07, 6.45) is 10.4. The summed E-state index contributed by atoms with van der Waals surface area (Å²) in [6, 6.07) is 0. The van der Waals surface area contributed by atoms with E-state index < -0.39 is 10.4 Å². The fourth-order valence-corrected chi connectivity index (χ4v) is 2.83. The van der Waals surface area contributed by atoms with Crippen molar-refractivity contribution in [1.82, 2.24) is 0 Å². The number of hydrogen-bond donors (Lipinski definition) is 0. The normalized spacial score (nSPS) is 12.9. The molecular weight excluding hydrogens is 287 g/mol. The second-order valence-corrected chi connectivity index (χ2v) is 6.23. The van der Waals surface area contributed by atoms with Gasteiger partial charge in [0.2, 0.25) is 0 Å². The molecule has 0 radical (unpaired) electrons. The maximum atomic E-state index is 11.2. The van der Waals surface area contributed by atoms with Crippen LogP contribution in [0.3, 0.4) is 0 Å². The average molecular weight is 318 g/mol. The molecule has 0 aromatic heterocycles. The van der Waals surface area contributed by atoms with Crippen molar-refractivity contribution in [3.63, 3.8) is 0 Å². The molecule has 0 rings (SSSR count). The minimum atomic E-state index is -3.79. The van der Waals surface area contributed by atoms with E-state index >= 15 is 0 Å². The van der Waals surface area contributed by atoms with Gasteiger partial charge in [0.15, 0.2) is 0 Å². The van der Waals surface area contributed by atoms with Crippen LogP contribution in [-0.2, 0) is 18.8 Å². The number of hydrogen-bond acceptors (Lipinski definition) is 4. The molecule has 0 aliphatic heterocycles. The van der Waals surface area contributed by atoms with Crippen LogP contribution in [-0.4, -0.2) is 50.7 Å². The SMILES string of the molecule is CCCCCCCCCCC(C)OS(=O)(=O)OCC.[NaH]. The summed E-state index contributed by atoms with van der Waals surface area (Å²) in [5.41, 5.74) is 0. The van der Waals surface area contributed by atoms with E-state index in [-0.39, 0.29) is 42.3 Å². The molecule has 0 fully saturated rings. The molecule has 20 heavy (non-hydrogen) atoms. The molecule has 0 amide bonds. The number of rotatable bonds is 13. The van der Waals surface area contributed by atoms with Gasteiger partial charge in [-0.1, -0.05) is 58.3 Å². The first kappa shape index (κ1) is 23.1. The van der Waals surface area contributed by atoms with Gasteiger partial charge < -0.3 is 0 Å². The summed E-state index contributed by atoms with van der Waals surface area (Å²) in [4.78, 5) is 0. The van der Waals surface area contributed by atoms with Crippen LogP contribution >= 0.6 is 0 Å². The van der Waals surface area contributed by atoms with Gasteiger partial charge in [0, 0.05) is 0 Å². The zero-order valence-electron chi connectivity index (χ0n) is 12.7. The Morgan fingerprint density at radius 3 is 1.90 bits per heavy atom. The van der Waals surface area contributed by atoms with Crippen molar-refractivity contribution in [1.29, 1.82) is 0 Å². The van der Waals surface area contributed by atoms with Crippen molar-refractivity contribution < 1.29 is 16.8 Å². The molecule has 118 valence electrons. The summed E-state index contributed by atoms with van der Waals surface area (Å²) >= 11 is 0. The van der Waals surface area contributed by atoms with Crippen molar-refractivity contribution >= 4 is 40.0 Å². The van der Waals surface area contributed by atoms with Gasteiger partial charge >= 0.3 is 40.0 Å². The fourth-order valence-electron chi connectivity index (χ4n) is 1.99. The van der Waals surface area contributed by atoms with E-state index in [1.165, 1.54) is 38.5 Å². The fraction of sp³-hybridized carbons (Fsp3) is 1.00. The Bertz CT molecular complexity index is 294. The molecule has 0 heterocycles. The van der Waals surface area contributed by atoms with Crippen LogP contribution in [0.4, 0.5) is 0 Å². The van der Waals surface area contributed by atoms with Crippen LogP contribution in [0.5, 0.6) is 0 Å². The summed E-state index contributed by atoms with van der Waals surface area (Å²) < 4.78 is 31.9. The molecule has 4 nitrogen and oxygen atoms in total. The van der Waals surface area contributed by atoms with Gasteiger partial charge in [0.05, 0.1) is 12.7 Å². The third-order valence-electron chi connectivity index (χ3n) is 3.01. The molecule has 0 spiro atoms. The summed E-state index contributed by atoms with van der Waals surface area (Å²) in [6.45, 7) is 5.74. The molecule has 0 saturated heterocycles. The van der Waals surface area contributed by atoms with E-state index in [4.69, 9.17) is 4.18 Å². The second-order valence-electron chi connectivity index (χ2n) is 4.99. The van der Waals surface area contributed by atoms with Gasteiger partial charge in [-0.15, -0.1) is 0 Å². The first-order valence-electron chi connectivity index (χ1n) is 7.59. The summed E-state index contributed by atoms with van der Waals surface area (Å²) in [5.74, 6) is 0. The molecule has 1 atom stereocenters. The standard InChI is InChI=1S/C14H30O4S.Na.H/c1-4-6-7-8-9-10-11-12-13-14(3)18-19(15,16)17-5-2;;/h14H,4-13H2,1-3H3;;. The molecule has 0 N–H and O–H groups in total. The molecule has 6 heteroatoms. The van der Waals surface area contributed by atoms with Gasteiger partial charge in [-0.3, -0.25) is 0 Å². The first-order valence-corrected chi connectivity index (χ1v) is 8.92. The Hall–Kier alpha value is 0.870. The molecule has 0 aromatic rings. The van der Waals surface area contributed by atoms with Crippen LogP contribution < -0.4 is 0 Å². The zero-order chi connectivity index (χ0) is 14.6. The molecule has 0 bridgehead atoms. The Labute approximate surface area is 147 Å². The van der Waals surface area contributed by atoms with Crippen LogP contribution in [0.1, 0.15) is 78.6 Å². The Balaban J connectivity index is 0. The van der Waals surface area contributed by atoms with Crippen molar-refractivity contribution in [3.8, 4) is 0 Å². The zero-order valence-corrected chi connectivity index (χ0v) is 13.5. The molecular formula is C14H31NaO4S. The molecule has 0 aliphatic rings. The van der Waals surface area contributed by atoms with E-state index in [2.05, 4.69) is 11.1 Å². The van der Waals surface area contributed by atoms with Gasteiger partial charge in [-0.2, -0.15) is 8.42 Å². The van der Waals surface area contributed by atoms with Crippen molar-refractivity contribution in [2.24, 2.45) is 0 Å². The summed E-state index contributed by atoms with van der Waals surface area (Å²) in [5, 5.41) is 0. The van der Waals surface area contributed by atoms with E-state index in [9.17, 15) is 8.42 Å². The topological polar surface area (TPSA) is 52.6 Å². The van der Waals surface area contributed by atoms with Gasteiger partial charge in [-0.25, -0.2) is 8.37 Å². The predicted molar refractivity (Wildman–Crippen MR) is 85.5 cm³/mol. The van der Waals surface area contributed by atoms with Gasteiger partial charge in [0.1, 0.15) is 0 Å². The maximum absolute atomic E-state index is 11.2. The predicted octanol–water partition coefficient (Wildman–Crippen LogP) is 3.56. The van der Waals surface area contributed by atoms with E-state index in [0.717, 1.165) is 19.3 Å². The minimum absolute atomic E-state index is 0. The van der Waals surface area contributed by atoms with Gasteiger partial charge in [0.25, 0.3) is 0 Å². The third kappa shape index (κ3) is 15.3. The van der Waals surface area contributed by atoms with Crippen molar-refractivity contribution in [2.45, 2.75) is 84.7 Å². The molecule has 1 unspecified atom stereocenters. The second kappa shape index (κ2) is 14.8. The first-order chi connectivity index (χ1) is 9.02. The summed E-state index contributed by atoms with van der Waals surface area (Å²) in [7, 11) is -3.79. The van der Waals surface area contributed by atoms with Crippen molar-refractivity contribution in [2.75, 3.05) is 6.61 Å². The van der Waals surface area contributed by atoms with E-state index in [0.29, 0.717) is 0 Å². The van der Waals surface area contributed by atoms with Crippen LogP contribution in [0, 0.1) is 0 Å². The van der Waals surface area contributed by atoms with E-state index in [1.54, 1.807) is 13.8 Å². The molecule has 0 aromatic carbocycles. The van der Waals surface area contributed by atoms with Crippen LogP contribution in [0.25, 0.3) is 0 Å². The Morgan fingerprint density at radius 1 is 0.900 bits per heavy atom. The van der Waals surface area contributed by atoms with Crippen LogP contribution in [0.15, 0.2) is 0 Å². The van der Waals surface area contributed by atoms with E-state index in [1.807, 2.05) is 0 Å². The van der Waals surface area contributed by atoms with Crippen molar-refractivity contribution in [3.05, 3.63) is 0 Å². The number of unbranched alkanes of at least 4 members (excludes halogenated alkanes) is 7. The molecule has 0 aliphatic carbocycles. The third-order valence-corrected chi connectivity index (χ3v) is 4.10. The molecule has 0 saturated carbocycles. The Morgan fingerprint density at radius 2 is 1.40 bits per heavy atom. The van der Waals surface area contributed by atoms with Crippen LogP contribution in [0.2, 0.25) is 0 Å². The Kier molecular flexibility index (Phi) is 17.1.